The van der Waals surface area contributed by atoms with Gasteiger partial charge in [0.2, 0.25) is 0 Å². The van der Waals surface area contributed by atoms with Crippen LogP contribution in [0.25, 0.3) is 11.3 Å². The van der Waals surface area contributed by atoms with Crippen LogP contribution in [0.1, 0.15) is 10.6 Å². The van der Waals surface area contributed by atoms with E-state index in [-0.39, 0.29) is 5.02 Å². The van der Waals surface area contributed by atoms with Gasteiger partial charge in [-0.1, -0.05) is 17.7 Å². The predicted molar refractivity (Wildman–Crippen MR) is 82.8 cm³/mol. The van der Waals surface area contributed by atoms with Crippen molar-refractivity contribution in [2.24, 2.45) is 0 Å². The first-order chi connectivity index (χ1) is 10.2. The largest absolute Gasteiger partial charge is 0.455 e. The zero-order chi connectivity index (χ0) is 14.7. The molecule has 0 radical (unpaired) electrons. The maximum Gasteiger partial charge on any atom is 0.158 e. The van der Waals surface area contributed by atoms with Crippen molar-refractivity contribution in [2.75, 3.05) is 0 Å². The number of rotatable bonds is 5. The molecule has 0 saturated heterocycles. The van der Waals surface area contributed by atoms with Crippen molar-refractivity contribution in [3.8, 4) is 11.3 Å². The van der Waals surface area contributed by atoms with Gasteiger partial charge in [-0.2, -0.15) is 0 Å². The van der Waals surface area contributed by atoms with E-state index >= 15 is 0 Å². The summed E-state index contributed by atoms with van der Waals surface area (Å²) in [5, 5.41) is 4.37. The van der Waals surface area contributed by atoms with E-state index in [1.165, 1.54) is 10.9 Å². The Bertz CT molecular complexity index is 724. The number of quaternary nitrogens is 1. The van der Waals surface area contributed by atoms with Crippen molar-refractivity contribution in [1.82, 2.24) is 0 Å². The van der Waals surface area contributed by atoms with Crippen molar-refractivity contribution in [3.63, 3.8) is 0 Å². The van der Waals surface area contributed by atoms with Gasteiger partial charge in [-0.15, -0.1) is 11.3 Å². The monoisotopic (exact) mass is 322 g/mol. The minimum Gasteiger partial charge on any atom is -0.455 e. The van der Waals surface area contributed by atoms with Crippen molar-refractivity contribution in [3.05, 3.63) is 69.3 Å². The quantitative estimate of drug-likeness (QED) is 0.754. The molecule has 0 spiro atoms. The minimum absolute atomic E-state index is 0.106. The summed E-state index contributed by atoms with van der Waals surface area (Å²) in [5.74, 6) is 1.18. The molecule has 0 aliphatic carbocycles. The number of halogens is 2. The molecular weight excluding hydrogens is 309 g/mol. The van der Waals surface area contributed by atoms with Crippen LogP contribution in [-0.4, -0.2) is 0 Å². The van der Waals surface area contributed by atoms with Crippen LogP contribution in [0, 0.1) is 5.82 Å². The van der Waals surface area contributed by atoms with Gasteiger partial charge in [0.1, 0.15) is 24.7 Å². The molecule has 2 nitrogen and oxygen atoms in total. The lowest BCUT2D eigenvalue weighted by Crippen LogP contribution is -2.80. The molecular formula is C16H14ClFNOS+. The molecule has 108 valence electrons. The fraction of sp³-hybridized carbons (Fsp3) is 0.125. The number of hydrogen-bond acceptors (Lipinski definition) is 2. The Labute approximate surface area is 131 Å². The van der Waals surface area contributed by atoms with Crippen molar-refractivity contribution < 1.29 is 14.1 Å². The third-order valence-electron chi connectivity index (χ3n) is 3.14. The predicted octanol–water partition coefficient (Wildman–Crippen LogP) is 4.06. The molecule has 5 heteroatoms. The second-order valence-corrected chi connectivity index (χ2v) is 6.11. The van der Waals surface area contributed by atoms with Crippen molar-refractivity contribution in [1.29, 1.82) is 0 Å². The van der Waals surface area contributed by atoms with Crippen LogP contribution in [0.5, 0.6) is 0 Å². The van der Waals surface area contributed by atoms with Gasteiger partial charge in [-0.3, -0.25) is 0 Å². The number of thiophene rings is 1. The molecule has 0 amide bonds. The van der Waals surface area contributed by atoms with E-state index < -0.39 is 5.82 Å². The molecule has 0 saturated carbocycles. The van der Waals surface area contributed by atoms with E-state index in [0.717, 1.165) is 24.4 Å². The molecule has 2 aromatic heterocycles. The Morgan fingerprint density at radius 1 is 1.14 bits per heavy atom. The van der Waals surface area contributed by atoms with Crippen LogP contribution in [-0.2, 0) is 13.1 Å². The summed E-state index contributed by atoms with van der Waals surface area (Å²) in [6.07, 6.45) is 0. The second-order valence-electron chi connectivity index (χ2n) is 4.67. The normalized spacial score (nSPS) is 11.0. The van der Waals surface area contributed by atoms with Gasteiger partial charge in [0.25, 0.3) is 0 Å². The summed E-state index contributed by atoms with van der Waals surface area (Å²) in [4.78, 5) is 1.34. The maximum absolute atomic E-state index is 13.2. The smallest absolute Gasteiger partial charge is 0.158 e. The highest BCUT2D eigenvalue weighted by atomic mass is 35.5. The fourth-order valence-electron chi connectivity index (χ4n) is 2.08. The van der Waals surface area contributed by atoms with E-state index in [4.69, 9.17) is 16.0 Å². The van der Waals surface area contributed by atoms with Gasteiger partial charge in [-0.25, -0.2) is 4.39 Å². The Kier molecular flexibility index (Phi) is 4.39. The molecule has 0 bridgehead atoms. The second kappa shape index (κ2) is 6.43. The highest BCUT2D eigenvalue weighted by Gasteiger charge is 2.08. The Morgan fingerprint density at radius 3 is 2.81 bits per heavy atom. The first kappa shape index (κ1) is 14.3. The molecule has 2 heterocycles. The summed E-state index contributed by atoms with van der Waals surface area (Å²) in [6.45, 7) is 1.71. The lowest BCUT2D eigenvalue weighted by molar-refractivity contribution is -0.687. The van der Waals surface area contributed by atoms with Gasteiger partial charge < -0.3 is 9.73 Å². The van der Waals surface area contributed by atoms with Gasteiger partial charge in [0.15, 0.2) is 5.76 Å². The van der Waals surface area contributed by atoms with Gasteiger partial charge in [0, 0.05) is 5.56 Å². The Morgan fingerprint density at radius 2 is 2.05 bits per heavy atom. The van der Waals surface area contributed by atoms with Crippen molar-refractivity contribution in [2.45, 2.75) is 13.1 Å². The van der Waals surface area contributed by atoms with Crippen LogP contribution in [0.3, 0.4) is 0 Å². The summed E-state index contributed by atoms with van der Waals surface area (Å²) in [5.41, 5.74) is 0.783. The molecule has 0 atom stereocenters. The molecule has 0 unspecified atom stereocenters. The first-order valence-corrected chi connectivity index (χ1v) is 7.86. The number of nitrogens with two attached hydrogens (primary N) is 1. The average Bonchev–Trinajstić information content (AvgIpc) is 3.13. The first-order valence-electron chi connectivity index (χ1n) is 6.60. The van der Waals surface area contributed by atoms with Crippen LogP contribution >= 0.6 is 22.9 Å². The lowest BCUT2D eigenvalue weighted by atomic mass is 10.2. The van der Waals surface area contributed by atoms with Gasteiger partial charge in [0.05, 0.1) is 9.90 Å². The average molecular weight is 323 g/mol. The molecule has 0 aliphatic heterocycles. The number of hydrogen-bond donors (Lipinski definition) is 1. The van der Waals surface area contributed by atoms with Crippen molar-refractivity contribution >= 4 is 22.9 Å². The van der Waals surface area contributed by atoms with E-state index in [2.05, 4.69) is 22.8 Å². The van der Waals surface area contributed by atoms with Crippen LogP contribution in [0.15, 0.2) is 52.3 Å². The molecule has 0 fully saturated rings. The van der Waals surface area contributed by atoms with E-state index in [0.29, 0.717) is 5.76 Å². The topological polar surface area (TPSA) is 29.8 Å². The Balaban J connectivity index is 1.64. The number of furan rings is 1. The molecule has 0 aliphatic rings. The lowest BCUT2D eigenvalue weighted by Gasteiger charge is -2.00. The highest BCUT2D eigenvalue weighted by molar-refractivity contribution is 7.09. The van der Waals surface area contributed by atoms with E-state index in [1.54, 1.807) is 23.5 Å². The summed E-state index contributed by atoms with van der Waals surface area (Å²) in [6, 6.07) is 12.6. The van der Waals surface area contributed by atoms with Crippen LogP contribution in [0.4, 0.5) is 4.39 Å². The van der Waals surface area contributed by atoms with E-state index in [1.807, 2.05) is 12.1 Å². The molecule has 3 rings (SSSR count). The molecule has 1 aromatic carbocycles. The van der Waals surface area contributed by atoms with Gasteiger partial charge >= 0.3 is 0 Å². The van der Waals surface area contributed by atoms with Gasteiger partial charge in [-0.05, 0) is 41.8 Å². The van der Waals surface area contributed by atoms with E-state index in [9.17, 15) is 4.39 Å². The third-order valence-corrected chi connectivity index (χ3v) is 4.33. The maximum atomic E-state index is 13.2. The Hall–Kier alpha value is -1.62. The van der Waals surface area contributed by atoms with Crippen LogP contribution in [0.2, 0.25) is 5.02 Å². The van der Waals surface area contributed by atoms with Crippen LogP contribution < -0.4 is 5.32 Å². The highest BCUT2D eigenvalue weighted by Crippen LogP contribution is 2.26. The standard InChI is InChI=1S/C16H13ClFNOS/c17-14-8-11(3-5-15(14)18)16-6-4-12(20-16)9-19-10-13-2-1-7-21-13/h1-8,19H,9-10H2/p+1. The summed E-state index contributed by atoms with van der Waals surface area (Å²) < 4.78 is 18.9. The minimum atomic E-state index is -0.420. The molecule has 3 aromatic rings. The molecule has 2 N–H and O–H groups in total. The molecule has 21 heavy (non-hydrogen) atoms. The zero-order valence-electron chi connectivity index (χ0n) is 11.2. The summed E-state index contributed by atoms with van der Waals surface area (Å²) >= 11 is 7.54. The fourth-order valence-corrected chi connectivity index (χ4v) is 2.96. The zero-order valence-corrected chi connectivity index (χ0v) is 12.8. The number of benzene rings is 1. The SMILES string of the molecule is Fc1ccc(-c2ccc(C[NH2+]Cc3cccs3)o2)cc1Cl. The third kappa shape index (κ3) is 3.53. The summed E-state index contributed by atoms with van der Waals surface area (Å²) in [7, 11) is 0.